The Morgan fingerprint density at radius 1 is 1.14 bits per heavy atom. The number of hydrogen-bond acceptors (Lipinski definition) is 5. The number of likely N-dealkylation sites (tertiary alicyclic amines) is 1. The smallest absolute Gasteiger partial charge is 0.233 e. The van der Waals surface area contributed by atoms with Gasteiger partial charge in [-0.25, -0.2) is 13.8 Å². The van der Waals surface area contributed by atoms with Gasteiger partial charge in [0.25, 0.3) is 0 Å². The van der Waals surface area contributed by atoms with E-state index in [1.54, 1.807) is 12.4 Å². The topological polar surface area (TPSA) is 47.5 Å². The van der Waals surface area contributed by atoms with Crippen LogP contribution in [-0.2, 0) is 6.42 Å². The lowest BCUT2D eigenvalue weighted by Crippen LogP contribution is -2.36. The van der Waals surface area contributed by atoms with Gasteiger partial charge in [-0.2, -0.15) is 0 Å². The van der Waals surface area contributed by atoms with E-state index >= 15 is 0 Å². The van der Waals surface area contributed by atoms with Crippen molar-refractivity contribution in [3.8, 4) is 11.6 Å². The van der Waals surface area contributed by atoms with Gasteiger partial charge in [-0.3, -0.25) is 4.98 Å². The molecule has 3 rings (SSSR count). The number of rotatable bonds is 7. The van der Waals surface area contributed by atoms with Crippen molar-refractivity contribution in [3.05, 3.63) is 47.9 Å². The van der Waals surface area contributed by atoms with E-state index < -0.39 is 11.6 Å². The molecule has 158 valence electrons. The Kier molecular flexibility index (Phi) is 7.00. The van der Waals surface area contributed by atoms with Crippen LogP contribution in [0.3, 0.4) is 0 Å². The number of ether oxygens (including phenoxy) is 2. The predicted octanol–water partition coefficient (Wildman–Crippen LogP) is 4.27. The second kappa shape index (κ2) is 9.48. The molecule has 0 atom stereocenters. The molecule has 1 aromatic heterocycles. The highest BCUT2D eigenvalue weighted by Crippen LogP contribution is 2.22. The van der Waals surface area contributed by atoms with Crippen LogP contribution >= 0.6 is 0 Å². The third-order valence-electron chi connectivity index (χ3n) is 4.83. The average molecular weight is 405 g/mol. The van der Waals surface area contributed by atoms with Crippen LogP contribution in [0.1, 0.15) is 39.3 Å². The minimum Gasteiger partial charge on any atom is -0.490 e. The minimum absolute atomic E-state index is 0.116. The van der Waals surface area contributed by atoms with Crippen LogP contribution in [0.2, 0.25) is 0 Å². The summed E-state index contributed by atoms with van der Waals surface area (Å²) in [5.41, 5.74) is 0.623. The van der Waals surface area contributed by atoms with Gasteiger partial charge in [-0.1, -0.05) is 0 Å². The van der Waals surface area contributed by atoms with Crippen LogP contribution < -0.4 is 9.47 Å². The first-order valence-corrected chi connectivity index (χ1v) is 10.1. The monoisotopic (exact) mass is 405 g/mol. The summed E-state index contributed by atoms with van der Waals surface area (Å²) in [6.07, 6.45) is 6.22. The summed E-state index contributed by atoms with van der Waals surface area (Å²) in [6, 6.07) is 3.41. The molecule has 0 spiro atoms. The fourth-order valence-corrected chi connectivity index (χ4v) is 3.32. The summed E-state index contributed by atoms with van der Waals surface area (Å²) in [5, 5.41) is 0. The zero-order valence-corrected chi connectivity index (χ0v) is 17.3. The van der Waals surface area contributed by atoms with Gasteiger partial charge < -0.3 is 14.4 Å². The van der Waals surface area contributed by atoms with Crippen LogP contribution in [0.4, 0.5) is 8.78 Å². The van der Waals surface area contributed by atoms with Gasteiger partial charge in [0.05, 0.1) is 18.5 Å². The Labute approximate surface area is 171 Å². The number of halogens is 2. The van der Waals surface area contributed by atoms with E-state index in [1.807, 2.05) is 20.8 Å². The van der Waals surface area contributed by atoms with E-state index in [4.69, 9.17) is 9.47 Å². The quantitative estimate of drug-likeness (QED) is 0.689. The lowest BCUT2D eigenvalue weighted by Gasteiger charge is -2.31. The zero-order chi connectivity index (χ0) is 20.9. The molecule has 2 aromatic rings. The van der Waals surface area contributed by atoms with Crippen LogP contribution in [0.15, 0.2) is 30.6 Å². The molecule has 1 aliphatic rings. The van der Waals surface area contributed by atoms with Crippen molar-refractivity contribution in [2.45, 2.75) is 45.6 Å². The lowest BCUT2D eigenvalue weighted by atomic mass is 9.97. The third-order valence-corrected chi connectivity index (χ3v) is 4.83. The summed E-state index contributed by atoms with van der Waals surface area (Å²) < 4.78 is 37.9. The molecular weight excluding hydrogens is 376 g/mol. The van der Waals surface area contributed by atoms with Gasteiger partial charge in [-0.05, 0) is 64.8 Å². The first-order valence-electron chi connectivity index (χ1n) is 10.1. The van der Waals surface area contributed by atoms with E-state index in [1.165, 1.54) is 12.1 Å². The molecule has 0 saturated carbocycles. The molecule has 0 unspecified atom stereocenters. The van der Waals surface area contributed by atoms with E-state index in [-0.39, 0.29) is 11.4 Å². The second-order valence-corrected chi connectivity index (χ2v) is 8.48. The molecule has 0 amide bonds. The Balaban J connectivity index is 1.40. The second-order valence-electron chi connectivity index (χ2n) is 8.48. The molecule has 0 radical (unpaired) electrons. The maximum atomic E-state index is 13.7. The summed E-state index contributed by atoms with van der Waals surface area (Å²) in [4.78, 5) is 11.2. The number of hydrogen-bond donors (Lipinski definition) is 0. The number of nitrogens with zero attached hydrogens (tertiary/aromatic N) is 3. The number of aromatic nitrogens is 2. The Hall–Kier alpha value is -2.28. The van der Waals surface area contributed by atoms with Crippen molar-refractivity contribution in [2.24, 2.45) is 5.92 Å². The molecule has 7 heteroatoms. The molecule has 2 heterocycles. The van der Waals surface area contributed by atoms with Gasteiger partial charge >= 0.3 is 0 Å². The highest BCUT2D eigenvalue weighted by molar-refractivity contribution is 5.24. The molecule has 29 heavy (non-hydrogen) atoms. The highest BCUT2D eigenvalue weighted by atomic mass is 19.1. The third kappa shape index (κ3) is 6.92. The lowest BCUT2D eigenvalue weighted by molar-refractivity contribution is 0.122. The van der Waals surface area contributed by atoms with E-state index in [2.05, 4.69) is 14.9 Å². The maximum Gasteiger partial charge on any atom is 0.233 e. The van der Waals surface area contributed by atoms with Crippen molar-refractivity contribution in [3.63, 3.8) is 0 Å². The Bertz CT molecular complexity index is 803. The highest BCUT2D eigenvalue weighted by Gasteiger charge is 2.20. The van der Waals surface area contributed by atoms with E-state index in [0.29, 0.717) is 18.4 Å². The van der Waals surface area contributed by atoms with Gasteiger partial charge in [0.1, 0.15) is 11.4 Å². The molecule has 1 saturated heterocycles. The van der Waals surface area contributed by atoms with Crippen LogP contribution in [-0.4, -0.2) is 46.7 Å². The van der Waals surface area contributed by atoms with E-state index in [9.17, 15) is 8.78 Å². The largest absolute Gasteiger partial charge is 0.490 e. The summed E-state index contributed by atoms with van der Waals surface area (Å²) in [6.45, 7) is 9.25. The fourth-order valence-electron chi connectivity index (χ4n) is 3.32. The Morgan fingerprint density at radius 3 is 2.59 bits per heavy atom. The van der Waals surface area contributed by atoms with Gasteiger partial charge in [0.15, 0.2) is 11.6 Å². The molecule has 0 aliphatic carbocycles. The Morgan fingerprint density at radius 2 is 1.90 bits per heavy atom. The molecule has 0 N–H and O–H groups in total. The van der Waals surface area contributed by atoms with Crippen molar-refractivity contribution in [1.82, 2.24) is 14.9 Å². The van der Waals surface area contributed by atoms with E-state index in [0.717, 1.165) is 50.7 Å². The van der Waals surface area contributed by atoms with Crippen molar-refractivity contribution in [1.29, 1.82) is 0 Å². The first-order chi connectivity index (χ1) is 13.8. The molecule has 0 bridgehead atoms. The van der Waals surface area contributed by atoms with Crippen LogP contribution in [0.25, 0.3) is 0 Å². The predicted molar refractivity (Wildman–Crippen MR) is 107 cm³/mol. The summed E-state index contributed by atoms with van der Waals surface area (Å²) in [5.74, 6) is -0.202. The SMILES string of the molecule is CC(C)(C)Oc1cncc(CCN2CCC(COc3ccc(F)cc3F)CC2)n1. The van der Waals surface area contributed by atoms with Crippen molar-refractivity contribution in [2.75, 3.05) is 26.2 Å². The average Bonchev–Trinajstić information content (AvgIpc) is 2.65. The van der Waals surface area contributed by atoms with Crippen molar-refractivity contribution >= 4 is 0 Å². The molecule has 5 nitrogen and oxygen atoms in total. The normalized spacial score (nSPS) is 16.0. The maximum absolute atomic E-state index is 13.7. The fraction of sp³-hybridized carbons (Fsp3) is 0.545. The summed E-state index contributed by atoms with van der Waals surface area (Å²) in [7, 11) is 0. The molecule has 1 aromatic carbocycles. The molecule has 1 fully saturated rings. The van der Waals surface area contributed by atoms with Gasteiger partial charge in [0.2, 0.25) is 5.88 Å². The molecular formula is C22H29F2N3O2. The summed E-state index contributed by atoms with van der Waals surface area (Å²) >= 11 is 0. The number of piperidine rings is 1. The van der Waals surface area contributed by atoms with Crippen LogP contribution in [0, 0.1) is 17.6 Å². The standard InChI is InChI=1S/C22H29F2N3O2/c1-22(2,3)29-21-14-25-13-18(26-21)8-11-27-9-6-16(7-10-27)15-28-20-5-4-17(23)12-19(20)24/h4-5,12-14,16H,6-11,15H2,1-3H3. The van der Waals surface area contributed by atoms with Gasteiger partial charge in [0, 0.05) is 25.2 Å². The molecule has 1 aliphatic heterocycles. The van der Waals surface area contributed by atoms with Crippen LogP contribution in [0.5, 0.6) is 11.6 Å². The first kappa shape index (κ1) is 21.4. The van der Waals surface area contributed by atoms with Crippen molar-refractivity contribution < 1.29 is 18.3 Å². The van der Waals surface area contributed by atoms with Gasteiger partial charge in [-0.15, -0.1) is 0 Å². The minimum atomic E-state index is -0.652. The zero-order valence-electron chi connectivity index (χ0n) is 17.3. The number of benzene rings is 1.